The van der Waals surface area contributed by atoms with E-state index >= 15 is 0 Å². The molecule has 0 aliphatic rings. The van der Waals surface area contributed by atoms with Crippen LogP contribution < -0.4 is 16.0 Å². The summed E-state index contributed by atoms with van der Waals surface area (Å²) in [5.41, 5.74) is 3.83. The van der Waals surface area contributed by atoms with Crippen LogP contribution in [0, 0.1) is 0 Å². The smallest absolute Gasteiger partial charge is 0.255 e. The summed E-state index contributed by atoms with van der Waals surface area (Å²) in [4.78, 5) is 28.1. The molecule has 2 aromatic carbocycles. The lowest BCUT2D eigenvalue weighted by atomic mass is 10.1. The summed E-state index contributed by atoms with van der Waals surface area (Å²) >= 11 is 0. The Morgan fingerprint density at radius 2 is 1.71 bits per heavy atom. The van der Waals surface area contributed by atoms with Gasteiger partial charge >= 0.3 is 0 Å². The lowest BCUT2D eigenvalue weighted by Gasteiger charge is -2.11. The van der Waals surface area contributed by atoms with Crippen LogP contribution in [0.5, 0.6) is 0 Å². The van der Waals surface area contributed by atoms with Crippen molar-refractivity contribution in [3.8, 4) is 0 Å². The molecule has 0 radical (unpaired) electrons. The first-order valence-corrected chi connectivity index (χ1v) is 9.05. The van der Waals surface area contributed by atoms with Gasteiger partial charge in [0.05, 0.1) is 0 Å². The molecule has 28 heavy (non-hydrogen) atoms. The normalized spacial score (nSPS) is 10.2. The van der Waals surface area contributed by atoms with Gasteiger partial charge in [-0.1, -0.05) is 31.2 Å². The second kappa shape index (κ2) is 8.81. The number of anilines is 4. The number of nitrogens with zero attached hydrogens (tertiary/aromatic N) is 1. The minimum Gasteiger partial charge on any atom is -0.340 e. The van der Waals surface area contributed by atoms with Crippen molar-refractivity contribution < 1.29 is 9.59 Å². The largest absolute Gasteiger partial charge is 0.340 e. The number of carbonyl (C=O) groups is 2. The molecule has 1 heterocycles. The van der Waals surface area contributed by atoms with Crippen LogP contribution >= 0.6 is 0 Å². The first kappa shape index (κ1) is 19.1. The predicted molar refractivity (Wildman–Crippen MR) is 112 cm³/mol. The third kappa shape index (κ3) is 4.94. The van der Waals surface area contributed by atoms with Crippen molar-refractivity contribution in [1.29, 1.82) is 0 Å². The Balaban J connectivity index is 1.75. The number of pyridine rings is 1. The van der Waals surface area contributed by atoms with Crippen LogP contribution in [0.15, 0.2) is 66.9 Å². The molecule has 6 nitrogen and oxygen atoms in total. The highest BCUT2D eigenvalue weighted by molar-refractivity contribution is 6.05. The fourth-order valence-corrected chi connectivity index (χ4v) is 2.81. The minimum absolute atomic E-state index is 0.138. The van der Waals surface area contributed by atoms with E-state index in [1.807, 2.05) is 36.4 Å². The number of benzene rings is 2. The summed E-state index contributed by atoms with van der Waals surface area (Å²) in [6.07, 6.45) is 2.42. The Labute approximate surface area is 164 Å². The molecule has 2 amide bonds. The van der Waals surface area contributed by atoms with E-state index in [0.717, 1.165) is 23.4 Å². The van der Waals surface area contributed by atoms with Crippen molar-refractivity contribution in [1.82, 2.24) is 4.98 Å². The zero-order valence-corrected chi connectivity index (χ0v) is 15.8. The molecule has 0 fully saturated rings. The predicted octanol–water partition coefficient (Wildman–Crippen LogP) is 4.60. The number of rotatable bonds is 6. The second-order valence-corrected chi connectivity index (χ2v) is 6.28. The molecule has 0 spiro atoms. The fraction of sp³-hybridized carbons (Fsp3) is 0.136. The van der Waals surface area contributed by atoms with Crippen LogP contribution in [0.25, 0.3) is 0 Å². The van der Waals surface area contributed by atoms with Gasteiger partial charge in [0.15, 0.2) is 0 Å². The van der Waals surface area contributed by atoms with E-state index in [1.54, 1.807) is 30.5 Å². The summed E-state index contributed by atoms with van der Waals surface area (Å²) in [5, 5.41) is 8.85. The number of para-hydroxylation sites is 1. The highest BCUT2D eigenvalue weighted by atomic mass is 16.2. The Hall–Kier alpha value is -3.67. The van der Waals surface area contributed by atoms with Crippen LogP contribution in [0.1, 0.15) is 29.8 Å². The first-order chi connectivity index (χ1) is 13.5. The standard InChI is InChI=1S/C22H22N4O2/c1-3-16-7-4-5-10-20(16)26-22(28)17-11-12-23-21(13-17)25-19-9-6-8-18(14-19)24-15(2)27/h4-14H,3H2,1-2H3,(H,23,25)(H,24,27)(H,26,28). The van der Waals surface area contributed by atoms with Gasteiger partial charge < -0.3 is 16.0 Å². The molecule has 142 valence electrons. The highest BCUT2D eigenvalue weighted by Crippen LogP contribution is 2.21. The number of nitrogens with one attached hydrogen (secondary N) is 3. The monoisotopic (exact) mass is 374 g/mol. The SMILES string of the molecule is CCc1ccccc1NC(=O)c1ccnc(Nc2cccc(NC(C)=O)c2)c1. The molecular weight excluding hydrogens is 352 g/mol. The van der Waals surface area contributed by atoms with E-state index < -0.39 is 0 Å². The van der Waals surface area contributed by atoms with E-state index in [2.05, 4.69) is 27.9 Å². The van der Waals surface area contributed by atoms with Gasteiger partial charge in [0.25, 0.3) is 5.91 Å². The van der Waals surface area contributed by atoms with Crippen LogP contribution in [0.3, 0.4) is 0 Å². The summed E-state index contributed by atoms with van der Waals surface area (Å²) in [6.45, 7) is 3.51. The van der Waals surface area contributed by atoms with Gasteiger partial charge in [-0.3, -0.25) is 9.59 Å². The maximum absolute atomic E-state index is 12.6. The van der Waals surface area contributed by atoms with Gasteiger partial charge in [0.2, 0.25) is 5.91 Å². The summed E-state index contributed by atoms with van der Waals surface area (Å²) < 4.78 is 0. The van der Waals surface area contributed by atoms with E-state index in [-0.39, 0.29) is 11.8 Å². The van der Waals surface area contributed by atoms with E-state index in [9.17, 15) is 9.59 Å². The van der Waals surface area contributed by atoms with Crippen molar-refractivity contribution in [2.24, 2.45) is 0 Å². The molecule has 0 bridgehead atoms. The molecule has 6 heteroatoms. The van der Waals surface area contributed by atoms with Crippen molar-refractivity contribution in [2.75, 3.05) is 16.0 Å². The van der Waals surface area contributed by atoms with Gasteiger partial charge in [0.1, 0.15) is 5.82 Å². The molecular formula is C22H22N4O2. The van der Waals surface area contributed by atoms with Crippen molar-refractivity contribution >= 4 is 34.7 Å². The molecule has 3 rings (SSSR count). The Morgan fingerprint density at radius 1 is 0.929 bits per heavy atom. The third-order valence-corrected chi connectivity index (χ3v) is 4.12. The maximum Gasteiger partial charge on any atom is 0.255 e. The number of aryl methyl sites for hydroxylation is 1. The molecule has 0 saturated carbocycles. The van der Waals surface area contributed by atoms with Gasteiger partial charge in [-0.15, -0.1) is 0 Å². The minimum atomic E-state index is -0.196. The van der Waals surface area contributed by atoms with Gasteiger partial charge in [-0.25, -0.2) is 4.98 Å². The summed E-state index contributed by atoms with van der Waals surface area (Å²) in [6, 6.07) is 18.4. The zero-order chi connectivity index (χ0) is 19.9. The van der Waals surface area contributed by atoms with E-state index in [1.165, 1.54) is 6.92 Å². The molecule has 3 aromatic rings. The van der Waals surface area contributed by atoms with Gasteiger partial charge in [-0.05, 0) is 48.4 Å². The van der Waals surface area contributed by atoms with Crippen LogP contribution in [-0.4, -0.2) is 16.8 Å². The van der Waals surface area contributed by atoms with Crippen LogP contribution in [0.4, 0.5) is 22.9 Å². The quantitative estimate of drug-likeness (QED) is 0.589. The third-order valence-electron chi connectivity index (χ3n) is 4.12. The van der Waals surface area contributed by atoms with Crippen LogP contribution in [0.2, 0.25) is 0 Å². The second-order valence-electron chi connectivity index (χ2n) is 6.28. The molecule has 0 aliphatic heterocycles. The molecule has 0 aliphatic carbocycles. The van der Waals surface area contributed by atoms with Gasteiger partial charge in [0, 0.05) is 35.7 Å². The Morgan fingerprint density at radius 3 is 2.50 bits per heavy atom. The van der Waals surface area contributed by atoms with E-state index in [0.29, 0.717) is 17.1 Å². The van der Waals surface area contributed by atoms with Crippen molar-refractivity contribution in [3.05, 3.63) is 78.0 Å². The molecule has 1 aromatic heterocycles. The summed E-state index contributed by atoms with van der Waals surface area (Å²) in [7, 11) is 0. The fourth-order valence-electron chi connectivity index (χ4n) is 2.81. The Bertz CT molecular complexity index is 1000. The zero-order valence-electron chi connectivity index (χ0n) is 15.8. The number of aromatic nitrogens is 1. The summed E-state index contributed by atoms with van der Waals surface area (Å²) in [5.74, 6) is 0.205. The van der Waals surface area contributed by atoms with E-state index in [4.69, 9.17) is 0 Å². The topological polar surface area (TPSA) is 83.1 Å². The molecule has 3 N–H and O–H groups in total. The maximum atomic E-state index is 12.6. The van der Waals surface area contributed by atoms with Crippen LogP contribution in [-0.2, 0) is 11.2 Å². The number of carbonyl (C=O) groups excluding carboxylic acids is 2. The number of amides is 2. The first-order valence-electron chi connectivity index (χ1n) is 9.05. The molecule has 0 saturated heterocycles. The average Bonchev–Trinajstić information content (AvgIpc) is 2.68. The number of hydrogen-bond donors (Lipinski definition) is 3. The van der Waals surface area contributed by atoms with Gasteiger partial charge in [-0.2, -0.15) is 0 Å². The highest BCUT2D eigenvalue weighted by Gasteiger charge is 2.10. The molecule has 0 unspecified atom stereocenters. The lowest BCUT2D eigenvalue weighted by Crippen LogP contribution is -2.13. The van der Waals surface area contributed by atoms with Crippen molar-refractivity contribution in [2.45, 2.75) is 20.3 Å². The Kier molecular flexibility index (Phi) is 6.01. The average molecular weight is 374 g/mol. The van der Waals surface area contributed by atoms with Crippen molar-refractivity contribution in [3.63, 3.8) is 0 Å². The number of hydrogen-bond acceptors (Lipinski definition) is 4. The molecule has 0 atom stereocenters. The lowest BCUT2D eigenvalue weighted by molar-refractivity contribution is -0.114.